The van der Waals surface area contributed by atoms with Gasteiger partial charge in [-0.1, -0.05) is 19.1 Å². The van der Waals surface area contributed by atoms with Crippen LogP contribution in [0.25, 0.3) is 0 Å². The maximum absolute atomic E-state index is 11.5. The van der Waals surface area contributed by atoms with Crippen molar-refractivity contribution in [2.75, 3.05) is 6.61 Å². The molecule has 0 aromatic heterocycles. The van der Waals surface area contributed by atoms with Crippen molar-refractivity contribution in [3.63, 3.8) is 0 Å². The Balaban J connectivity index is 2.44. The van der Waals surface area contributed by atoms with Gasteiger partial charge in [0.15, 0.2) is 0 Å². The van der Waals surface area contributed by atoms with Gasteiger partial charge in [-0.3, -0.25) is 9.59 Å². The fourth-order valence-corrected chi connectivity index (χ4v) is 1.89. The van der Waals surface area contributed by atoms with E-state index in [0.717, 1.165) is 12.8 Å². The van der Waals surface area contributed by atoms with E-state index in [1.807, 2.05) is 0 Å². The second-order valence-electron chi connectivity index (χ2n) is 3.82. The average molecular weight is 212 g/mol. The summed E-state index contributed by atoms with van der Waals surface area (Å²) in [5, 5.41) is 8.85. The number of rotatable bonds is 4. The highest BCUT2D eigenvalue weighted by Crippen LogP contribution is 2.29. The van der Waals surface area contributed by atoms with Crippen molar-refractivity contribution in [2.45, 2.75) is 25.7 Å². The number of esters is 1. The predicted molar refractivity (Wildman–Crippen MR) is 54.2 cm³/mol. The monoisotopic (exact) mass is 212 g/mol. The van der Waals surface area contributed by atoms with Crippen molar-refractivity contribution in [3.8, 4) is 0 Å². The van der Waals surface area contributed by atoms with Crippen LogP contribution in [0.1, 0.15) is 25.7 Å². The number of ether oxygens (including phenoxy) is 1. The number of hydrogen-bond acceptors (Lipinski definition) is 3. The third-order valence-corrected chi connectivity index (χ3v) is 2.70. The third kappa shape index (κ3) is 3.38. The van der Waals surface area contributed by atoms with E-state index in [2.05, 4.69) is 6.58 Å². The topological polar surface area (TPSA) is 63.6 Å². The Morgan fingerprint density at radius 1 is 1.40 bits per heavy atom. The summed E-state index contributed by atoms with van der Waals surface area (Å²) in [7, 11) is 0. The first-order chi connectivity index (χ1) is 7.15. The van der Waals surface area contributed by atoms with E-state index in [9.17, 15) is 9.59 Å². The van der Waals surface area contributed by atoms with Crippen molar-refractivity contribution in [1.82, 2.24) is 0 Å². The largest absolute Gasteiger partial charge is 0.481 e. The van der Waals surface area contributed by atoms with Crippen LogP contribution in [0.2, 0.25) is 0 Å². The van der Waals surface area contributed by atoms with Crippen LogP contribution in [0.5, 0.6) is 0 Å². The Labute approximate surface area is 88.9 Å². The average Bonchev–Trinajstić information content (AvgIpc) is 2.26. The molecule has 2 atom stereocenters. The third-order valence-electron chi connectivity index (χ3n) is 2.70. The van der Waals surface area contributed by atoms with Gasteiger partial charge in [-0.2, -0.15) is 0 Å². The van der Waals surface area contributed by atoms with Crippen LogP contribution in [0.3, 0.4) is 0 Å². The quantitative estimate of drug-likeness (QED) is 0.568. The molecule has 0 heterocycles. The summed E-state index contributed by atoms with van der Waals surface area (Å²) in [6, 6.07) is 0. The summed E-state index contributed by atoms with van der Waals surface area (Å²) in [6.45, 7) is 3.65. The fraction of sp³-hybridized carbons (Fsp3) is 0.636. The molecule has 4 heteroatoms. The van der Waals surface area contributed by atoms with E-state index in [0.29, 0.717) is 12.8 Å². The van der Waals surface area contributed by atoms with Gasteiger partial charge in [0, 0.05) is 0 Å². The first-order valence-electron chi connectivity index (χ1n) is 5.15. The Hall–Kier alpha value is -1.32. The van der Waals surface area contributed by atoms with Crippen molar-refractivity contribution in [3.05, 3.63) is 12.7 Å². The second-order valence-corrected chi connectivity index (χ2v) is 3.82. The van der Waals surface area contributed by atoms with Crippen LogP contribution < -0.4 is 0 Å². The van der Waals surface area contributed by atoms with Crippen molar-refractivity contribution in [1.29, 1.82) is 0 Å². The Morgan fingerprint density at radius 2 is 2.07 bits per heavy atom. The number of aliphatic carboxylic acids is 1. The number of carboxylic acid groups (broad SMARTS) is 1. The highest BCUT2D eigenvalue weighted by Gasteiger charge is 2.31. The Kier molecular flexibility index (Phi) is 4.34. The second kappa shape index (κ2) is 5.53. The molecule has 0 aliphatic heterocycles. The summed E-state index contributed by atoms with van der Waals surface area (Å²) in [5.74, 6) is -1.74. The van der Waals surface area contributed by atoms with Crippen LogP contribution in [-0.4, -0.2) is 23.7 Å². The molecule has 4 nitrogen and oxygen atoms in total. The van der Waals surface area contributed by atoms with Crippen molar-refractivity contribution < 1.29 is 19.4 Å². The van der Waals surface area contributed by atoms with Gasteiger partial charge in [0.25, 0.3) is 0 Å². The van der Waals surface area contributed by atoms with Gasteiger partial charge in [-0.25, -0.2) is 0 Å². The minimum atomic E-state index is -0.809. The van der Waals surface area contributed by atoms with Gasteiger partial charge >= 0.3 is 11.9 Å². The molecule has 1 saturated carbocycles. The van der Waals surface area contributed by atoms with E-state index < -0.39 is 5.97 Å². The SMILES string of the molecule is C=CCOC(=O)C1CCCC(C(=O)O)C1. The van der Waals surface area contributed by atoms with E-state index in [-0.39, 0.29) is 24.4 Å². The van der Waals surface area contributed by atoms with Crippen molar-refractivity contribution in [2.24, 2.45) is 11.8 Å². The molecule has 1 aliphatic rings. The molecular weight excluding hydrogens is 196 g/mol. The van der Waals surface area contributed by atoms with E-state index in [1.165, 1.54) is 6.08 Å². The lowest BCUT2D eigenvalue weighted by Gasteiger charge is -2.24. The molecule has 1 N–H and O–H groups in total. The molecule has 1 fully saturated rings. The number of hydrogen-bond donors (Lipinski definition) is 1. The number of carbonyl (C=O) groups is 2. The van der Waals surface area contributed by atoms with Gasteiger partial charge < -0.3 is 9.84 Å². The van der Waals surface area contributed by atoms with Crippen LogP contribution in [0.4, 0.5) is 0 Å². The molecule has 0 saturated heterocycles. The summed E-state index contributed by atoms with van der Waals surface area (Å²) < 4.78 is 4.91. The molecule has 0 bridgehead atoms. The number of carboxylic acids is 1. The van der Waals surface area contributed by atoms with Crippen LogP contribution in [0, 0.1) is 11.8 Å². The van der Waals surface area contributed by atoms with Gasteiger partial charge in [-0.05, 0) is 19.3 Å². The molecule has 1 rings (SSSR count). The van der Waals surface area contributed by atoms with Crippen LogP contribution >= 0.6 is 0 Å². The predicted octanol–water partition coefficient (Wildman–Crippen LogP) is 1.61. The number of carbonyl (C=O) groups excluding carboxylic acids is 1. The van der Waals surface area contributed by atoms with E-state index >= 15 is 0 Å². The van der Waals surface area contributed by atoms with Crippen LogP contribution in [0.15, 0.2) is 12.7 Å². The molecule has 1 aliphatic carbocycles. The summed E-state index contributed by atoms with van der Waals surface area (Å²) >= 11 is 0. The molecular formula is C11H16O4. The highest BCUT2D eigenvalue weighted by atomic mass is 16.5. The maximum atomic E-state index is 11.5. The fourth-order valence-electron chi connectivity index (χ4n) is 1.89. The maximum Gasteiger partial charge on any atom is 0.309 e. The first-order valence-corrected chi connectivity index (χ1v) is 5.15. The molecule has 2 unspecified atom stereocenters. The lowest BCUT2D eigenvalue weighted by atomic mass is 9.81. The molecule has 0 aromatic rings. The normalized spacial score (nSPS) is 25.6. The van der Waals surface area contributed by atoms with Crippen LogP contribution in [-0.2, 0) is 14.3 Å². The molecule has 0 radical (unpaired) electrons. The first kappa shape index (κ1) is 11.8. The summed E-state index contributed by atoms with van der Waals surface area (Å²) in [5.41, 5.74) is 0. The summed E-state index contributed by atoms with van der Waals surface area (Å²) in [4.78, 5) is 22.2. The van der Waals surface area contributed by atoms with E-state index in [4.69, 9.17) is 9.84 Å². The van der Waals surface area contributed by atoms with Gasteiger partial charge in [0.1, 0.15) is 6.61 Å². The van der Waals surface area contributed by atoms with Gasteiger partial charge in [0.2, 0.25) is 0 Å². The van der Waals surface area contributed by atoms with Gasteiger partial charge in [0.05, 0.1) is 11.8 Å². The smallest absolute Gasteiger partial charge is 0.309 e. The van der Waals surface area contributed by atoms with E-state index in [1.54, 1.807) is 0 Å². The van der Waals surface area contributed by atoms with Crippen molar-refractivity contribution >= 4 is 11.9 Å². The minimum Gasteiger partial charge on any atom is -0.481 e. The lowest BCUT2D eigenvalue weighted by Crippen LogP contribution is -2.28. The molecule has 0 aromatic carbocycles. The summed E-state index contributed by atoms with van der Waals surface area (Å²) in [6.07, 6.45) is 4.10. The molecule has 15 heavy (non-hydrogen) atoms. The zero-order valence-corrected chi connectivity index (χ0v) is 8.65. The van der Waals surface area contributed by atoms with Gasteiger partial charge in [-0.15, -0.1) is 0 Å². The molecule has 0 spiro atoms. The highest BCUT2D eigenvalue weighted by molar-refractivity contribution is 5.75. The zero-order chi connectivity index (χ0) is 11.3. The lowest BCUT2D eigenvalue weighted by molar-refractivity contribution is -0.151. The standard InChI is InChI=1S/C11H16O4/c1-2-6-15-11(14)9-5-3-4-8(7-9)10(12)13/h2,8-9H,1,3-7H2,(H,12,13). The molecule has 0 amide bonds. The molecule has 84 valence electrons. The Bertz CT molecular complexity index is 259. The Morgan fingerprint density at radius 3 is 2.67 bits per heavy atom. The minimum absolute atomic E-state index is 0.201. The zero-order valence-electron chi connectivity index (χ0n) is 8.65.